The van der Waals surface area contributed by atoms with E-state index in [0.717, 1.165) is 29.1 Å². The van der Waals surface area contributed by atoms with E-state index in [1.165, 1.54) is 0 Å². The van der Waals surface area contributed by atoms with Gasteiger partial charge < -0.3 is 4.57 Å². The van der Waals surface area contributed by atoms with E-state index in [1.54, 1.807) is 0 Å². The van der Waals surface area contributed by atoms with Crippen molar-refractivity contribution in [1.82, 2.24) is 14.5 Å². The number of fused-ring (bicyclic) bond motifs is 1. The minimum Gasteiger partial charge on any atom is -0.312 e. The number of pyridine rings is 1. The zero-order valence-electron chi connectivity index (χ0n) is 9.16. The van der Waals surface area contributed by atoms with Crippen molar-refractivity contribution in [2.45, 2.75) is 32.7 Å². The maximum absolute atomic E-state index is 6.09. The Morgan fingerprint density at radius 2 is 2.27 bits per heavy atom. The molecule has 2 rings (SSSR count). The summed E-state index contributed by atoms with van der Waals surface area (Å²) in [6, 6.07) is 2.04. The number of halogens is 1. The first kappa shape index (κ1) is 10.4. The molecule has 15 heavy (non-hydrogen) atoms. The molecular weight excluding hydrogens is 210 g/mol. The third-order valence-electron chi connectivity index (χ3n) is 2.42. The van der Waals surface area contributed by atoms with Gasteiger partial charge in [-0.3, -0.25) is 0 Å². The van der Waals surface area contributed by atoms with Gasteiger partial charge in [-0.15, -0.1) is 11.6 Å². The molecule has 0 aliphatic heterocycles. The Kier molecular flexibility index (Phi) is 2.65. The van der Waals surface area contributed by atoms with E-state index in [9.17, 15) is 0 Å². The maximum Gasteiger partial charge on any atom is 0.160 e. The van der Waals surface area contributed by atoms with Crippen molar-refractivity contribution in [1.29, 1.82) is 0 Å². The molecule has 0 aliphatic carbocycles. The highest BCUT2D eigenvalue weighted by atomic mass is 35.5. The molecule has 0 N–H and O–H groups in total. The summed E-state index contributed by atoms with van der Waals surface area (Å²) in [6.07, 6.45) is 1.86. The van der Waals surface area contributed by atoms with Crippen LogP contribution in [-0.4, -0.2) is 14.5 Å². The molecule has 1 unspecified atom stereocenters. The predicted octanol–water partition coefficient (Wildman–Crippen LogP) is 3.06. The van der Waals surface area contributed by atoms with Gasteiger partial charge in [0.05, 0.1) is 5.38 Å². The summed E-state index contributed by atoms with van der Waals surface area (Å²) < 4.78 is 2.06. The van der Waals surface area contributed by atoms with Gasteiger partial charge in [-0.1, -0.05) is 0 Å². The normalized spacial score (nSPS) is 13.3. The molecule has 80 valence electrons. The van der Waals surface area contributed by atoms with Crippen LogP contribution in [0.4, 0.5) is 0 Å². The zero-order valence-corrected chi connectivity index (χ0v) is 9.91. The molecule has 0 radical (unpaired) electrons. The first-order valence-electron chi connectivity index (χ1n) is 5.10. The van der Waals surface area contributed by atoms with Crippen molar-refractivity contribution < 1.29 is 0 Å². The second-order valence-electron chi connectivity index (χ2n) is 3.69. The number of aromatic nitrogens is 3. The fourth-order valence-electron chi connectivity index (χ4n) is 1.74. The molecule has 0 fully saturated rings. The molecule has 0 aromatic carbocycles. The summed E-state index contributed by atoms with van der Waals surface area (Å²) in [5.41, 5.74) is 2.97. The third-order valence-corrected chi connectivity index (χ3v) is 2.62. The molecule has 1 atom stereocenters. The fourth-order valence-corrected chi connectivity index (χ4v) is 1.91. The van der Waals surface area contributed by atoms with Crippen LogP contribution in [0.5, 0.6) is 0 Å². The predicted molar refractivity (Wildman–Crippen MR) is 62.2 cm³/mol. The summed E-state index contributed by atoms with van der Waals surface area (Å²) in [4.78, 5) is 8.91. The number of nitrogens with zero attached hydrogens (tertiary/aromatic N) is 3. The first-order valence-corrected chi connectivity index (χ1v) is 5.54. The average molecular weight is 224 g/mol. The Labute approximate surface area is 94.1 Å². The van der Waals surface area contributed by atoms with Gasteiger partial charge in [-0.2, -0.15) is 0 Å². The Morgan fingerprint density at radius 3 is 2.87 bits per heavy atom. The van der Waals surface area contributed by atoms with Crippen molar-refractivity contribution in [3.05, 3.63) is 23.7 Å². The van der Waals surface area contributed by atoms with Gasteiger partial charge in [0.25, 0.3) is 0 Å². The van der Waals surface area contributed by atoms with Crippen LogP contribution in [0.15, 0.2) is 12.3 Å². The Bertz CT molecular complexity index is 488. The monoisotopic (exact) mass is 223 g/mol. The summed E-state index contributed by atoms with van der Waals surface area (Å²) >= 11 is 6.09. The van der Waals surface area contributed by atoms with Gasteiger partial charge in [0.2, 0.25) is 0 Å². The van der Waals surface area contributed by atoms with E-state index in [1.807, 2.05) is 26.1 Å². The molecule has 0 aliphatic rings. The highest BCUT2D eigenvalue weighted by Gasteiger charge is 2.14. The zero-order chi connectivity index (χ0) is 11.0. The SMILES string of the molecule is CCn1c(C(C)Cl)nc2cc(C)cnc21. The smallest absolute Gasteiger partial charge is 0.160 e. The lowest BCUT2D eigenvalue weighted by Crippen LogP contribution is -2.02. The molecule has 3 nitrogen and oxygen atoms in total. The van der Waals surface area contributed by atoms with E-state index < -0.39 is 0 Å². The lowest BCUT2D eigenvalue weighted by Gasteiger charge is -2.05. The first-order chi connectivity index (χ1) is 7.13. The van der Waals surface area contributed by atoms with E-state index in [0.29, 0.717) is 0 Å². The number of imidazole rings is 1. The summed E-state index contributed by atoms with van der Waals surface area (Å²) in [5, 5.41) is -0.0838. The Hall–Kier alpha value is -1.09. The standard InChI is InChI=1S/C11H14ClN3/c1-4-15-10(8(3)12)14-9-5-7(2)6-13-11(9)15/h5-6,8H,4H2,1-3H3. The lowest BCUT2D eigenvalue weighted by molar-refractivity contribution is 0.711. The average Bonchev–Trinajstić information content (AvgIpc) is 2.55. The topological polar surface area (TPSA) is 30.7 Å². The summed E-state index contributed by atoms with van der Waals surface area (Å²) in [7, 11) is 0. The van der Waals surface area contributed by atoms with Gasteiger partial charge >= 0.3 is 0 Å². The van der Waals surface area contributed by atoms with E-state index in [2.05, 4.69) is 21.5 Å². The number of hydrogen-bond donors (Lipinski definition) is 0. The maximum atomic E-state index is 6.09. The van der Waals surface area contributed by atoms with Crippen LogP contribution in [0.2, 0.25) is 0 Å². The largest absolute Gasteiger partial charge is 0.312 e. The van der Waals surface area contributed by atoms with Crippen molar-refractivity contribution >= 4 is 22.8 Å². The molecule has 0 saturated carbocycles. The Morgan fingerprint density at radius 1 is 1.53 bits per heavy atom. The van der Waals surface area contributed by atoms with Crippen molar-refractivity contribution in [2.24, 2.45) is 0 Å². The lowest BCUT2D eigenvalue weighted by atomic mass is 10.3. The number of aryl methyl sites for hydroxylation is 2. The van der Waals surface area contributed by atoms with Crippen LogP contribution in [0.3, 0.4) is 0 Å². The summed E-state index contributed by atoms with van der Waals surface area (Å²) in [6.45, 7) is 6.87. The highest BCUT2D eigenvalue weighted by molar-refractivity contribution is 6.20. The van der Waals surface area contributed by atoms with Crippen molar-refractivity contribution in [3.8, 4) is 0 Å². The van der Waals surface area contributed by atoms with Crippen molar-refractivity contribution in [2.75, 3.05) is 0 Å². The number of alkyl halides is 1. The van der Waals surface area contributed by atoms with Gasteiger partial charge in [0.15, 0.2) is 5.65 Å². The number of hydrogen-bond acceptors (Lipinski definition) is 2. The fraction of sp³-hybridized carbons (Fsp3) is 0.455. The quantitative estimate of drug-likeness (QED) is 0.733. The minimum absolute atomic E-state index is 0.0838. The van der Waals surface area contributed by atoms with Crippen LogP contribution >= 0.6 is 11.6 Å². The van der Waals surface area contributed by atoms with E-state index in [-0.39, 0.29) is 5.38 Å². The molecule has 2 heterocycles. The molecule has 0 amide bonds. The Balaban J connectivity index is 2.73. The summed E-state index contributed by atoms with van der Waals surface area (Å²) in [5.74, 6) is 0.896. The molecule has 0 bridgehead atoms. The minimum atomic E-state index is -0.0838. The van der Waals surface area contributed by atoms with Crippen LogP contribution in [0.1, 0.15) is 30.6 Å². The van der Waals surface area contributed by atoms with Gasteiger partial charge in [0.1, 0.15) is 11.3 Å². The third kappa shape index (κ3) is 1.72. The molecular formula is C11H14ClN3. The molecule has 0 spiro atoms. The molecule has 0 saturated heterocycles. The second-order valence-corrected chi connectivity index (χ2v) is 4.34. The van der Waals surface area contributed by atoms with Crippen molar-refractivity contribution in [3.63, 3.8) is 0 Å². The van der Waals surface area contributed by atoms with Gasteiger partial charge in [0, 0.05) is 12.7 Å². The highest BCUT2D eigenvalue weighted by Crippen LogP contribution is 2.23. The van der Waals surface area contributed by atoms with E-state index in [4.69, 9.17) is 11.6 Å². The molecule has 2 aromatic rings. The molecule has 2 aromatic heterocycles. The van der Waals surface area contributed by atoms with E-state index >= 15 is 0 Å². The van der Waals surface area contributed by atoms with Crippen LogP contribution < -0.4 is 0 Å². The number of rotatable bonds is 2. The van der Waals surface area contributed by atoms with Crippen LogP contribution in [0.25, 0.3) is 11.2 Å². The van der Waals surface area contributed by atoms with Gasteiger partial charge in [-0.25, -0.2) is 9.97 Å². The van der Waals surface area contributed by atoms with Gasteiger partial charge in [-0.05, 0) is 32.4 Å². The van der Waals surface area contributed by atoms with Crippen LogP contribution in [-0.2, 0) is 6.54 Å². The second kappa shape index (κ2) is 3.81. The van der Waals surface area contributed by atoms with Crippen LogP contribution in [0, 0.1) is 6.92 Å². The molecule has 4 heteroatoms.